The first kappa shape index (κ1) is 12.9. The lowest BCUT2D eigenvalue weighted by Crippen LogP contribution is -2.39. The number of piperidine rings is 1. The summed E-state index contributed by atoms with van der Waals surface area (Å²) in [5.41, 5.74) is 1.70. The van der Waals surface area contributed by atoms with Gasteiger partial charge in [0.05, 0.1) is 11.3 Å². The first-order chi connectivity index (χ1) is 8.56. The van der Waals surface area contributed by atoms with Crippen molar-refractivity contribution in [2.45, 2.75) is 33.1 Å². The average Bonchev–Trinajstić information content (AvgIpc) is 2.39. The van der Waals surface area contributed by atoms with E-state index in [2.05, 4.69) is 18.7 Å². The Morgan fingerprint density at radius 3 is 2.50 bits per heavy atom. The highest BCUT2D eigenvalue weighted by atomic mass is 16.4. The predicted molar refractivity (Wildman–Crippen MR) is 73.2 cm³/mol. The second-order valence-corrected chi connectivity index (χ2v) is 5.47. The minimum Gasteiger partial charge on any atom is -0.478 e. The molecule has 1 aromatic carbocycles. The van der Waals surface area contributed by atoms with E-state index in [4.69, 9.17) is 0 Å². The SMILES string of the molecule is CCC1(C)CCN(c2ccccc2C(=O)O)CC1. The molecular formula is C15H21NO2. The third kappa shape index (κ3) is 2.50. The van der Waals surface area contributed by atoms with Gasteiger partial charge in [0.1, 0.15) is 0 Å². The Morgan fingerprint density at radius 2 is 1.94 bits per heavy atom. The molecule has 3 nitrogen and oxygen atoms in total. The number of nitrogens with zero attached hydrogens (tertiary/aromatic N) is 1. The molecule has 1 N–H and O–H groups in total. The first-order valence-electron chi connectivity index (χ1n) is 6.63. The monoisotopic (exact) mass is 247 g/mol. The van der Waals surface area contributed by atoms with Gasteiger partial charge < -0.3 is 10.0 Å². The number of anilines is 1. The largest absolute Gasteiger partial charge is 0.478 e. The quantitative estimate of drug-likeness (QED) is 0.890. The molecule has 0 amide bonds. The lowest BCUT2D eigenvalue weighted by Gasteiger charge is -2.40. The summed E-state index contributed by atoms with van der Waals surface area (Å²) in [4.78, 5) is 13.4. The highest BCUT2D eigenvalue weighted by Gasteiger charge is 2.29. The number of hydrogen-bond acceptors (Lipinski definition) is 2. The zero-order chi connectivity index (χ0) is 13.2. The zero-order valence-corrected chi connectivity index (χ0v) is 11.1. The molecule has 0 bridgehead atoms. The Morgan fingerprint density at radius 1 is 1.33 bits per heavy atom. The van der Waals surface area contributed by atoms with Gasteiger partial charge in [0, 0.05) is 13.1 Å². The van der Waals surface area contributed by atoms with Gasteiger partial charge in [0.25, 0.3) is 0 Å². The molecule has 18 heavy (non-hydrogen) atoms. The molecule has 1 aliphatic rings. The van der Waals surface area contributed by atoms with E-state index in [0.29, 0.717) is 11.0 Å². The van der Waals surface area contributed by atoms with Gasteiger partial charge in [-0.25, -0.2) is 4.79 Å². The standard InChI is InChI=1S/C15H21NO2/c1-3-15(2)8-10-16(11-9-15)13-7-5-4-6-12(13)14(17)18/h4-7H,3,8-11H2,1-2H3,(H,17,18). The second kappa shape index (κ2) is 5.01. The summed E-state index contributed by atoms with van der Waals surface area (Å²) in [6, 6.07) is 7.30. The molecule has 0 atom stereocenters. The Labute approximate surface area is 108 Å². The maximum atomic E-state index is 11.2. The van der Waals surface area contributed by atoms with E-state index in [-0.39, 0.29) is 0 Å². The maximum absolute atomic E-state index is 11.2. The molecule has 1 aliphatic heterocycles. The smallest absolute Gasteiger partial charge is 0.337 e. The molecule has 0 spiro atoms. The molecule has 0 aliphatic carbocycles. The Kier molecular flexibility index (Phi) is 3.60. The van der Waals surface area contributed by atoms with Crippen molar-refractivity contribution in [3.63, 3.8) is 0 Å². The number of carboxylic acids is 1. The van der Waals surface area contributed by atoms with Crippen molar-refractivity contribution in [3.8, 4) is 0 Å². The van der Waals surface area contributed by atoms with E-state index in [1.54, 1.807) is 12.1 Å². The van der Waals surface area contributed by atoms with Crippen LogP contribution in [0.25, 0.3) is 0 Å². The number of rotatable bonds is 3. The van der Waals surface area contributed by atoms with Crippen molar-refractivity contribution in [1.29, 1.82) is 0 Å². The van der Waals surface area contributed by atoms with Crippen molar-refractivity contribution in [2.24, 2.45) is 5.41 Å². The van der Waals surface area contributed by atoms with Gasteiger partial charge in [-0.15, -0.1) is 0 Å². The number of aromatic carboxylic acids is 1. The Balaban J connectivity index is 2.17. The third-order valence-electron chi connectivity index (χ3n) is 4.30. The van der Waals surface area contributed by atoms with Gasteiger partial charge in [0.2, 0.25) is 0 Å². The average molecular weight is 247 g/mol. The summed E-state index contributed by atoms with van der Waals surface area (Å²) in [5, 5.41) is 9.22. The summed E-state index contributed by atoms with van der Waals surface area (Å²) in [7, 11) is 0. The summed E-state index contributed by atoms with van der Waals surface area (Å²) in [5.74, 6) is -0.838. The molecule has 98 valence electrons. The molecule has 1 heterocycles. The Hall–Kier alpha value is -1.51. The molecule has 2 rings (SSSR count). The number of benzene rings is 1. The van der Waals surface area contributed by atoms with Crippen molar-refractivity contribution in [2.75, 3.05) is 18.0 Å². The molecule has 0 saturated carbocycles. The van der Waals surface area contributed by atoms with Crippen LogP contribution in [-0.2, 0) is 0 Å². The zero-order valence-electron chi connectivity index (χ0n) is 11.1. The van der Waals surface area contributed by atoms with Crippen LogP contribution >= 0.6 is 0 Å². The topological polar surface area (TPSA) is 40.5 Å². The summed E-state index contributed by atoms with van der Waals surface area (Å²) in [6.07, 6.45) is 3.47. The fraction of sp³-hybridized carbons (Fsp3) is 0.533. The molecule has 3 heteroatoms. The van der Waals surface area contributed by atoms with E-state index in [1.165, 1.54) is 6.42 Å². The van der Waals surface area contributed by atoms with Crippen LogP contribution in [0, 0.1) is 5.41 Å². The normalized spacial score (nSPS) is 18.7. The van der Waals surface area contributed by atoms with Crippen LogP contribution < -0.4 is 4.90 Å². The number of para-hydroxylation sites is 1. The molecule has 0 unspecified atom stereocenters. The Bertz CT molecular complexity index is 434. The number of hydrogen-bond donors (Lipinski definition) is 1. The van der Waals surface area contributed by atoms with Crippen LogP contribution in [0.2, 0.25) is 0 Å². The lowest BCUT2D eigenvalue weighted by atomic mass is 9.78. The highest BCUT2D eigenvalue weighted by molar-refractivity contribution is 5.94. The molecule has 0 aromatic heterocycles. The molecule has 1 saturated heterocycles. The summed E-state index contributed by atoms with van der Waals surface area (Å²) < 4.78 is 0. The molecular weight excluding hydrogens is 226 g/mol. The van der Waals surface area contributed by atoms with E-state index in [1.807, 2.05) is 12.1 Å². The number of carboxylic acid groups (broad SMARTS) is 1. The predicted octanol–water partition coefficient (Wildman–Crippen LogP) is 3.40. The van der Waals surface area contributed by atoms with Crippen molar-refractivity contribution in [3.05, 3.63) is 29.8 Å². The molecule has 1 fully saturated rings. The summed E-state index contributed by atoms with van der Waals surface area (Å²) in [6.45, 7) is 6.47. The van der Waals surface area contributed by atoms with Crippen molar-refractivity contribution in [1.82, 2.24) is 0 Å². The van der Waals surface area contributed by atoms with Gasteiger partial charge in [-0.2, -0.15) is 0 Å². The van der Waals surface area contributed by atoms with Gasteiger partial charge in [-0.05, 0) is 30.4 Å². The van der Waals surface area contributed by atoms with Crippen LogP contribution in [0.5, 0.6) is 0 Å². The van der Waals surface area contributed by atoms with Crippen LogP contribution in [0.15, 0.2) is 24.3 Å². The highest BCUT2D eigenvalue weighted by Crippen LogP contribution is 2.36. The van der Waals surface area contributed by atoms with E-state index >= 15 is 0 Å². The first-order valence-corrected chi connectivity index (χ1v) is 6.63. The van der Waals surface area contributed by atoms with Crippen LogP contribution in [0.1, 0.15) is 43.5 Å². The third-order valence-corrected chi connectivity index (χ3v) is 4.30. The van der Waals surface area contributed by atoms with Gasteiger partial charge in [0.15, 0.2) is 0 Å². The lowest BCUT2D eigenvalue weighted by molar-refractivity contribution is 0.0697. The minimum atomic E-state index is -0.838. The van der Waals surface area contributed by atoms with E-state index in [0.717, 1.165) is 31.6 Å². The van der Waals surface area contributed by atoms with Crippen molar-refractivity contribution < 1.29 is 9.90 Å². The molecule has 0 radical (unpaired) electrons. The van der Waals surface area contributed by atoms with Crippen molar-refractivity contribution >= 4 is 11.7 Å². The van der Waals surface area contributed by atoms with Gasteiger partial charge in [-0.1, -0.05) is 32.4 Å². The van der Waals surface area contributed by atoms with Crippen LogP contribution in [-0.4, -0.2) is 24.2 Å². The second-order valence-electron chi connectivity index (χ2n) is 5.47. The van der Waals surface area contributed by atoms with Gasteiger partial charge in [-0.3, -0.25) is 0 Å². The van der Waals surface area contributed by atoms with Gasteiger partial charge >= 0.3 is 5.97 Å². The maximum Gasteiger partial charge on any atom is 0.337 e. The van der Waals surface area contributed by atoms with E-state index in [9.17, 15) is 9.90 Å². The van der Waals surface area contributed by atoms with Crippen LogP contribution in [0.3, 0.4) is 0 Å². The fourth-order valence-electron chi connectivity index (χ4n) is 2.57. The van der Waals surface area contributed by atoms with E-state index < -0.39 is 5.97 Å². The number of carbonyl (C=O) groups is 1. The van der Waals surface area contributed by atoms with Crippen LogP contribution in [0.4, 0.5) is 5.69 Å². The fourth-order valence-corrected chi connectivity index (χ4v) is 2.57. The molecule has 1 aromatic rings. The summed E-state index contributed by atoms with van der Waals surface area (Å²) >= 11 is 0. The minimum absolute atomic E-state index is 0.414.